The molecular weight excluding hydrogens is 399 g/mol. The van der Waals surface area contributed by atoms with Crippen LogP contribution in [0.15, 0.2) is 47.4 Å². The van der Waals surface area contributed by atoms with Gasteiger partial charge in [0.05, 0.1) is 19.1 Å². The zero-order valence-corrected chi connectivity index (χ0v) is 17.0. The number of carbonyl (C=O) groups is 1. The Morgan fingerprint density at radius 3 is 2.10 bits per heavy atom. The number of halogens is 1. The Balaban J connectivity index is 1.63. The van der Waals surface area contributed by atoms with E-state index in [0.29, 0.717) is 30.0 Å². The molecule has 1 N–H and O–H groups in total. The molecule has 0 unspecified atom stereocenters. The zero-order valence-electron chi connectivity index (χ0n) is 16.2. The molecule has 1 aliphatic rings. The molecule has 0 radical (unpaired) electrons. The second kappa shape index (κ2) is 8.79. The Morgan fingerprint density at radius 1 is 1.03 bits per heavy atom. The van der Waals surface area contributed by atoms with Crippen LogP contribution in [-0.2, 0) is 14.8 Å². The van der Waals surface area contributed by atoms with Crippen molar-refractivity contribution in [3.63, 3.8) is 0 Å². The lowest BCUT2D eigenvalue weighted by atomic mass is 9.97. The van der Waals surface area contributed by atoms with Gasteiger partial charge in [-0.25, -0.2) is 12.8 Å². The smallest absolute Gasteiger partial charge is 0.243 e. The third-order valence-corrected chi connectivity index (χ3v) is 6.81. The molecule has 1 saturated heterocycles. The monoisotopic (exact) mass is 422 g/mol. The van der Waals surface area contributed by atoms with E-state index < -0.39 is 15.8 Å². The van der Waals surface area contributed by atoms with Crippen LogP contribution in [0.4, 0.5) is 10.1 Å². The van der Waals surface area contributed by atoms with Crippen LogP contribution in [0.2, 0.25) is 0 Å². The summed E-state index contributed by atoms with van der Waals surface area (Å²) in [6.45, 7) is 0.443. The lowest BCUT2D eigenvalue weighted by Crippen LogP contribution is -2.41. The van der Waals surface area contributed by atoms with E-state index in [2.05, 4.69) is 5.32 Å². The molecule has 0 saturated carbocycles. The van der Waals surface area contributed by atoms with Crippen LogP contribution >= 0.6 is 0 Å². The molecule has 9 heteroatoms. The maximum absolute atomic E-state index is 13.1. The number of anilines is 1. The Hall–Kier alpha value is -2.65. The van der Waals surface area contributed by atoms with Gasteiger partial charge in [0.1, 0.15) is 17.3 Å². The third kappa shape index (κ3) is 4.86. The van der Waals surface area contributed by atoms with Crippen molar-refractivity contribution in [3.8, 4) is 11.5 Å². The van der Waals surface area contributed by atoms with E-state index in [1.165, 1.54) is 30.7 Å². The van der Waals surface area contributed by atoms with Gasteiger partial charge in [-0.2, -0.15) is 4.31 Å². The van der Waals surface area contributed by atoms with E-state index in [-0.39, 0.29) is 29.8 Å². The summed E-state index contributed by atoms with van der Waals surface area (Å²) in [7, 11) is -0.652. The van der Waals surface area contributed by atoms with Crippen molar-refractivity contribution in [2.24, 2.45) is 5.92 Å². The van der Waals surface area contributed by atoms with Gasteiger partial charge in [-0.05, 0) is 37.1 Å². The highest BCUT2D eigenvalue weighted by Gasteiger charge is 2.32. The molecule has 0 spiro atoms. The van der Waals surface area contributed by atoms with Gasteiger partial charge in [0.25, 0.3) is 0 Å². The molecule has 2 aromatic rings. The highest BCUT2D eigenvalue weighted by atomic mass is 32.2. The number of ether oxygens (including phenoxy) is 2. The summed E-state index contributed by atoms with van der Waals surface area (Å²) in [6, 6.07) is 9.82. The predicted molar refractivity (Wildman–Crippen MR) is 106 cm³/mol. The Labute approximate surface area is 169 Å². The molecule has 0 aliphatic carbocycles. The maximum atomic E-state index is 13.1. The fraction of sp³-hybridized carbons (Fsp3) is 0.350. The number of nitrogens with zero attached hydrogens (tertiary/aromatic N) is 1. The second-order valence-electron chi connectivity index (χ2n) is 6.72. The Bertz CT molecular complexity index is 949. The predicted octanol–water partition coefficient (Wildman–Crippen LogP) is 2.88. The molecule has 29 heavy (non-hydrogen) atoms. The minimum atomic E-state index is -3.70. The first-order valence-corrected chi connectivity index (χ1v) is 10.6. The SMILES string of the molecule is COc1cc(NC(=O)C2CCN(S(=O)(=O)c3ccc(F)cc3)CC2)cc(OC)c1. The second-order valence-corrected chi connectivity index (χ2v) is 8.66. The summed E-state index contributed by atoms with van der Waals surface area (Å²) in [5, 5.41) is 2.84. The first kappa shape index (κ1) is 21.1. The largest absolute Gasteiger partial charge is 0.497 e. The number of hydrogen-bond donors (Lipinski definition) is 1. The van der Waals surface area contributed by atoms with Crippen molar-refractivity contribution in [1.82, 2.24) is 4.31 Å². The summed E-state index contributed by atoms with van der Waals surface area (Å²) in [5.41, 5.74) is 0.549. The number of benzene rings is 2. The molecule has 1 fully saturated rings. The molecule has 1 heterocycles. The number of carbonyl (C=O) groups excluding carboxylic acids is 1. The summed E-state index contributed by atoms with van der Waals surface area (Å²) < 4.78 is 50.2. The van der Waals surface area contributed by atoms with Gasteiger partial charge >= 0.3 is 0 Å². The van der Waals surface area contributed by atoms with Gasteiger partial charge in [0.15, 0.2) is 0 Å². The fourth-order valence-electron chi connectivity index (χ4n) is 3.24. The minimum Gasteiger partial charge on any atom is -0.497 e. The van der Waals surface area contributed by atoms with E-state index in [1.54, 1.807) is 18.2 Å². The number of methoxy groups -OCH3 is 2. The maximum Gasteiger partial charge on any atom is 0.243 e. The summed E-state index contributed by atoms with van der Waals surface area (Å²) >= 11 is 0. The van der Waals surface area contributed by atoms with Gasteiger partial charge < -0.3 is 14.8 Å². The van der Waals surface area contributed by atoms with Crippen LogP contribution in [-0.4, -0.2) is 45.9 Å². The normalized spacial score (nSPS) is 15.7. The first-order chi connectivity index (χ1) is 13.8. The average molecular weight is 422 g/mol. The zero-order chi connectivity index (χ0) is 21.0. The molecule has 0 aromatic heterocycles. The Morgan fingerprint density at radius 2 is 1.59 bits per heavy atom. The van der Waals surface area contributed by atoms with E-state index in [0.717, 1.165) is 12.1 Å². The van der Waals surface area contributed by atoms with Gasteiger partial charge in [-0.15, -0.1) is 0 Å². The fourth-order valence-corrected chi connectivity index (χ4v) is 4.71. The highest BCUT2D eigenvalue weighted by molar-refractivity contribution is 7.89. The molecular formula is C20H23FN2O5S. The van der Waals surface area contributed by atoms with Crippen molar-refractivity contribution in [3.05, 3.63) is 48.3 Å². The van der Waals surface area contributed by atoms with E-state index in [1.807, 2.05) is 0 Å². The van der Waals surface area contributed by atoms with Crippen LogP contribution < -0.4 is 14.8 Å². The molecule has 3 rings (SSSR count). The van der Waals surface area contributed by atoms with Crippen LogP contribution in [0.5, 0.6) is 11.5 Å². The summed E-state index contributed by atoms with van der Waals surface area (Å²) in [5.74, 6) is 0.124. The van der Waals surface area contributed by atoms with Gasteiger partial charge in [-0.3, -0.25) is 4.79 Å². The van der Waals surface area contributed by atoms with Crippen molar-refractivity contribution in [1.29, 1.82) is 0 Å². The number of rotatable bonds is 6. The van der Waals surface area contributed by atoms with E-state index >= 15 is 0 Å². The topological polar surface area (TPSA) is 84.9 Å². The van der Waals surface area contributed by atoms with E-state index in [9.17, 15) is 17.6 Å². The van der Waals surface area contributed by atoms with Crippen molar-refractivity contribution >= 4 is 21.6 Å². The van der Waals surface area contributed by atoms with Crippen molar-refractivity contribution in [2.75, 3.05) is 32.6 Å². The minimum absolute atomic E-state index is 0.0466. The van der Waals surface area contributed by atoms with Crippen molar-refractivity contribution < 1.29 is 27.1 Å². The van der Waals surface area contributed by atoms with E-state index in [4.69, 9.17) is 9.47 Å². The van der Waals surface area contributed by atoms with Gasteiger partial charge in [0.2, 0.25) is 15.9 Å². The number of amides is 1. The van der Waals surface area contributed by atoms with Crippen LogP contribution in [0.3, 0.4) is 0 Å². The van der Waals surface area contributed by atoms with Gasteiger partial charge in [-0.1, -0.05) is 0 Å². The van der Waals surface area contributed by atoms with Crippen LogP contribution in [0.1, 0.15) is 12.8 Å². The lowest BCUT2D eigenvalue weighted by molar-refractivity contribution is -0.120. The molecule has 2 aromatic carbocycles. The highest BCUT2D eigenvalue weighted by Crippen LogP contribution is 2.28. The molecule has 0 atom stereocenters. The first-order valence-electron chi connectivity index (χ1n) is 9.13. The molecule has 156 valence electrons. The number of hydrogen-bond acceptors (Lipinski definition) is 5. The number of piperidine rings is 1. The molecule has 1 amide bonds. The molecule has 7 nitrogen and oxygen atoms in total. The standard InChI is InChI=1S/C20H23FN2O5S/c1-27-17-11-16(12-18(13-17)28-2)22-20(24)14-7-9-23(10-8-14)29(25,26)19-5-3-15(21)4-6-19/h3-6,11-14H,7-10H2,1-2H3,(H,22,24). The van der Waals surface area contributed by atoms with Gasteiger partial charge in [0, 0.05) is 42.9 Å². The molecule has 1 aliphatic heterocycles. The number of nitrogens with one attached hydrogen (secondary N) is 1. The summed E-state index contributed by atoms with van der Waals surface area (Å²) in [6.07, 6.45) is 0.792. The average Bonchev–Trinajstić information content (AvgIpc) is 2.73. The quantitative estimate of drug-likeness (QED) is 0.774. The summed E-state index contributed by atoms with van der Waals surface area (Å²) in [4.78, 5) is 12.7. The van der Waals surface area contributed by atoms with Crippen molar-refractivity contribution in [2.45, 2.75) is 17.7 Å². The van der Waals surface area contributed by atoms with Crippen LogP contribution in [0.25, 0.3) is 0 Å². The molecule has 0 bridgehead atoms. The lowest BCUT2D eigenvalue weighted by Gasteiger charge is -2.30. The Kier molecular flexibility index (Phi) is 6.39. The number of sulfonamides is 1. The van der Waals surface area contributed by atoms with Crippen LogP contribution in [0, 0.1) is 11.7 Å². The third-order valence-electron chi connectivity index (χ3n) is 4.90.